The fourth-order valence-corrected chi connectivity index (χ4v) is 3.70. The maximum absolute atomic E-state index is 13.2. The second kappa shape index (κ2) is 6.57. The minimum Gasteiger partial charge on any atom is -0.292 e. The van der Waals surface area contributed by atoms with Crippen LogP contribution in [0.5, 0.6) is 0 Å². The highest BCUT2D eigenvalue weighted by atomic mass is 19.1. The van der Waals surface area contributed by atoms with Crippen LogP contribution in [0.3, 0.4) is 0 Å². The molecule has 1 fully saturated rings. The Kier molecular flexibility index (Phi) is 4.24. The summed E-state index contributed by atoms with van der Waals surface area (Å²) in [6, 6.07) is 16.6. The number of halogens is 1. The first-order valence-electron chi connectivity index (χ1n) is 8.88. The molecule has 2 aromatic carbocycles. The number of aromatic nitrogens is 2. The summed E-state index contributed by atoms with van der Waals surface area (Å²) in [6.45, 7) is 3.55. The number of hydrogen-bond acceptors (Lipinski definition) is 2. The fourth-order valence-electron chi connectivity index (χ4n) is 3.70. The van der Waals surface area contributed by atoms with E-state index < -0.39 is 0 Å². The van der Waals surface area contributed by atoms with E-state index in [1.807, 2.05) is 61.1 Å². The third kappa shape index (κ3) is 2.78. The van der Waals surface area contributed by atoms with Gasteiger partial charge < -0.3 is 0 Å². The molecule has 1 aliphatic rings. The lowest BCUT2D eigenvalue weighted by molar-refractivity contribution is 0.0812. The van der Waals surface area contributed by atoms with E-state index in [9.17, 15) is 9.18 Å². The maximum atomic E-state index is 13.2. The Balaban J connectivity index is 1.63. The molecule has 1 atom stereocenters. The number of benzene rings is 2. The largest absolute Gasteiger partial charge is 0.292 e. The van der Waals surface area contributed by atoms with Gasteiger partial charge in [0.25, 0.3) is 5.56 Å². The molecule has 0 spiro atoms. The number of hydrogen-bond donors (Lipinski definition) is 0. The molecule has 3 aromatic rings. The van der Waals surface area contributed by atoms with Crippen molar-refractivity contribution in [3.63, 3.8) is 0 Å². The van der Waals surface area contributed by atoms with Gasteiger partial charge in [-0.05, 0) is 43.2 Å². The first kappa shape index (κ1) is 16.8. The van der Waals surface area contributed by atoms with E-state index in [0.717, 1.165) is 35.5 Å². The van der Waals surface area contributed by atoms with Crippen molar-refractivity contribution in [3.8, 4) is 5.69 Å². The Labute approximate surface area is 152 Å². The minimum atomic E-state index is -0.218. The van der Waals surface area contributed by atoms with E-state index in [2.05, 4.69) is 4.90 Å². The molecule has 0 N–H and O–H groups in total. The fraction of sp³-hybridized carbons (Fsp3) is 0.286. The Morgan fingerprint density at radius 2 is 1.77 bits per heavy atom. The van der Waals surface area contributed by atoms with Gasteiger partial charge in [-0.3, -0.25) is 14.4 Å². The Bertz CT molecular complexity index is 973. The van der Waals surface area contributed by atoms with Gasteiger partial charge in [-0.15, -0.1) is 0 Å². The van der Waals surface area contributed by atoms with E-state index in [-0.39, 0.29) is 17.4 Å². The second-order valence-corrected chi connectivity index (χ2v) is 6.87. The predicted molar refractivity (Wildman–Crippen MR) is 99.9 cm³/mol. The SMILES string of the molecule is Cc1c(CN2CC[C@H]2c2ccc(F)cc2)c(=O)n(-c2ccccc2)n1C. The monoisotopic (exact) mass is 351 g/mol. The molecule has 1 aliphatic heterocycles. The summed E-state index contributed by atoms with van der Waals surface area (Å²) < 4.78 is 16.8. The van der Waals surface area contributed by atoms with Gasteiger partial charge in [0.1, 0.15) is 5.82 Å². The van der Waals surface area contributed by atoms with Gasteiger partial charge in [0.2, 0.25) is 0 Å². The molecule has 1 aromatic heterocycles. The Morgan fingerprint density at radius 1 is 1.08 bits per heavy atom. The number of likely N-dealkylation sites (tertiary alicyclic amines) is 1. The van der Waals surface area contributed by atoms with Gasteiger partial charge in [0, 0.05) is 31.9 Å². The standard InChI is InChI=1S/C21H22FN3O/c1-15-19(21(26)25(23(15)2)18-6-4-3-5-7-18)14-24-13-12-20(24)16-8-10-17(22)11-9-16/h3-11,20H,12-14H2,1-2H3/t20-/m0/s1. The van der Waals surface area contributed by atoms with Crippen LogP contribution in [0.4, 0.5) is 4.39 Å². The van der Waals surface area contributed by atoms with Crippen molar-refractivity contribution in [3.05, 3.63) is 87.6 Å². The summed E-state index contributed by atoms with van der Waals surface area (Å²) in [4.78, 5) is 15.3. The van der Waals surface area contributed by atoms with Crippen molar-refractivity contribution in [2.75, 3.05) is 6.54 Å². The van der Waals surface area contributed by atoms with Crippen LogP contribution in [0, 0.1) is 12.7 Å². The molecule has 0 amide bonds. The van der Waals surface area contributed by atoms with Crippen LogP contribution in [0.2, 0.25) is 0 Å². The van der Waals surface area contributed by atoms with E-state index in [1.54, 1.807) is 4.68 Å². The average Bonchev–Trinajstić information content (AvgIpc) is 2.84. The highest BCUT2D eigenvalue weighted by Crippen LogP contribution is 2.34. The van der Waals surface area contributed by atoms with E-state index in [4.69, 9.17) is 0 Å². The van der Waals surface area contributed by atoms with Crippen LogP contribution in [-0.4, -0.2) is 20.8 Å². The van der Waals surface area contributed by atoms with Gasteiger partial charge >= 0.3 is 0 Å². The molecule has 0 aliphatic carbocycles. The molecule has 4 nitrogen and oxygen atoms in total. The Morgan fingerprint density at radius 3 is 2.38 bits per heavy atom. The first-order chi connectivity index (χ1) is 12.6. The van der Waals surface area contributed by atoms with Gasteiger partial charge in [-0.25, -0.2) is 9.07 Å². The van der Waals surface area contributed by atoms with Gasteiger partial charge in [-0.1, -0.05) is 30.3 Å². The molecule has 0 unspecified atom stereocenters. The molecule has 2 heterocycles. The first-order valence-corrected chi connectivity index (χ1v) is 8.88. The minimum absolute atomic E-state index is 0.0287. The van der Waals surface area contributed by atoms with E-state index in [1.165, 1.54) is 12.1 Å². The molecule has 5 heteroatoms. The predicted octanol–water partition coefficient (Wildman–Crippen LogP) is 3.57. The normalized spacial score (nSPS) is 17.3. The lowest BCUT2D eigenvalue weighted by Gasteiger charge is -2.41. The summed E-state index contributed by atoms with van der Waals surface area (Å²) >= 11 is 0. The maximum Gasteiger partial charge on any atom is 0.276 e. The third-order valence-corrected chi connectivity index (χ3v) is 5.42. The summed E-state index contributed by atoms with van der Waals surface area (Å²) in [7, 11) is 1.92. The number of para-hydroxylation sites is 1. The summed E-state index contributed by atoms with van der Waals surface area (Å²) in [5.41, 5.74) is 3.80. The van der Waals surface area contributed by atoms with Crippen LogP contribution in [0.1, 0.15) is 29.3 Å². The van der Waals surface area contributed by atoms with Gasteiger partial charge in [-0.2, -0.15) is 0 Å². The summed E-state index contributed by atoms with van der Waals surface area (Å²) in [5, 5.41) is 0. The van der Waals surface area contributed by atoms with Gasteiger partial charge in [0.05, 0.1) is 11.3 Å². The lowest BCUT2D eigenvalue weighted by atomic mass is 9.94. The molecule has 0 saturated carbocycles. The van der Waals surface area contributed by atoms with Crippen LogP contribution >= 0.6 is 0 Å². The highest BCUT2D eigenvalue weighted by Gasteiger charge is 2.31. The van der Waals surface area contributed by atoms with Crippen LogP contribution in [0.15, 0.2) is 59.4 Å². The zero-order chi connectivity index (χ0) is 18.3. The molecule has 0 bridgehead atoms. The summed E-state index contributed by atoms with van der Waals surface area (Å²) in [6.07, 6.45) is 1.03. The van der Waals surface area contributed by atoms with Crippen molar-refractivity contribution in [2.24, 2.45) is 7.05 Å². The average molecular weight is 351 g/mol. The van der Waals surface area contributed by atoms with Crippen molar-refractivity contribution in [1.29, 1.82) is 0 Å². The number of nitrogens with zero attached hydrogens (tertiary/aromatic N) is 3. The van der Waals surface area contributed by atoms with Crippen LogP contribution in [-0.2, 0) is 13.6 Å². The lowest BCUT2D eigenvalue weighted by Crippen LogP contribution is -2.41. The molecular formula is C21H22FN3O. The smallest absolute Gasteiger partial charge is 0.276 e. The van der Waals surface area contributed by atoms with E-state index in [0.29, 0.717) is 6.54 Å². The quantitative estimate of drug-likeness (QED) is 0.719. The van der Waals surface area contributed by atoms with Crippen molar-refractivity contribution in [2.45, 2.75) is 25.9 Å². The van der Waals surface area contributed by atoms with Crippen molar-refractivity contribution < 1.29 is 4.39 Å². The third-order valence-electron chi connectivity index (χ3n) is 5.42. The molecular weight excluding hydrogens is 329 g/mol. The van der Waals surface area contributed by atoms with Crippen molar-refractivity contribution in [1.82, 2.24) is 14.3 Å². The number of rotatable bonds is 4. The van der Waals surface area contributed by atoms with Gasteiger partial charge in [0.15, 0.2) is 0 Å². The topological polar surface area (TPSA) is 30.2 Å². The molecule has 134 valence electrons. The molecule has 26 heavy (non-hydrogen) atoms. The molecule has 1 saturated heterocycles. The second-order valence-electron chi connectivity index (χ2n) is 6.87. The zero-order valence-corrected chi connectivity index (χ0v) is 15.0. The Hall–Kier alpha value is -2.66. The van der Waals surface area contributed by atoms with E-state index >= 15 is 0 Å². The van der Waals surface area contributed by atoms with Crippen molar-refractivity contribution >= 4 is 0 Å². The molecule has 0 radical (unpaired) electrons. The van der Waals surface area contributed by atoms with Crippen LogP contribution in [0.25, 0.3) is 5.69 Å². The highest BCUT2D eigenvalue weighted by molar-refractivity contribution is 5.33. The summed E-state index contributed by atoms with van der Waals surface area (Å²) in [5.74, 6) is -0.218. The van der Waals surface area contributed by atoms with Crippen LogP contribution < -0.4 is 5.56 Å². The zero-order valence-electron chi connectivity index (χ0n) is 15.0. The molecule has 4 rings (SSSR count).